The molecule has 250 valence electrons. The minimum absolute atomic E-state index is 0.0645. The van der Waals surface area contributed by atoms with E-state index in [1.165, 1.54) is 58.5 Å². The number of nitrogens with one attached hydrogen (secondary N) is 1. The summed E-state index contributed by atoms with van der Waals surface area (Å²) < 4.78 is 21.2. The number of unbranched alkanes of at least 4 members (excludes halogenated alkanes) is 10. The van der Waals surface area contributed by atoms with E-state index in [-0.39, 0.29) is 32.3 Å². The Hall–Kier alpha value is -3.10. The molecule has 0 aliphatic carbocycles. The third kappa shape index (κ3) is 20.7. The fraction of sp³-hybridized carbons (Fsp3) is 0.714. The van der Waals surface area contributed by atoms with Crippen molar-refractivity contribution in [2.24, 2.45) is 0 Å². The molecule has 0 radical (unpaired) electrons. The normalized spacial score (nSPS) is 12.6. The van der Waals surface area contributed by atoms with Crippen LogP contribution in [0.1, 0.15) is 136 Å². The average Bonchev–Trinajstić information content (AvgIpc) is 2.97. The summed E-state index contributed by atoms with van der Waals surface area (Å²) >= 11 is 0. The first kappa shape index (κ1) is 38.9. The molecule has 1 N–H and O–H groups in total. The summed E-state index contributed by atoms with van der Waals surface area (Å²) in [5, 5.41) is 2.59. The van der Waals surface area contributed by atoms with Gasteiger partial charge in [0.25, 0.3) is 0 Å². The number of amides is 1. The number of esters is 3. The second kappa shape index (κ2) is 23.3. The fourth-order valence-electron chi connectivity index (χ4n) is 4.71. The molecule has 1 aromatic carbocycles. The Morgan fingerprint density at radius 2 is 1.36 bits per heavy atom. The van der Waals surface area contributed by atoms with Crippen LogP contribution < -0.4 is 5.32 Å². The lowest BCUT2D eigenvalue weighted by molar-refractivity contribution is -0.157. The molecule has 1 aromatic rings. The molecule has 44 heavy (non-hydrogen) atoms. The van der Waals surface area contributed by atoms with E-state index in [0.29, 0.717) is 6.42 Å². The molecule has 0 bridgehead atoms. The third-order valence-corrected chi connectivity index (χ3v) is 7.13. The van der Waals surface area contributed by atoms with Gasteiger partial charge in [-0.3, -0.25) is 9.59 Å². The van der Waals surface area contributed by atoms with Crippen molar-refractivity contribution < 1.29 is 38.1 Å². The Labute approximate surface area is 265 Å². The van der Waals surface area contributed by atoms with Crippen molar-refractivity contribution in [3.8, 4) is 0 Å². The van der Waals surface area contributed by atoms with Gasteiger partial charge in [0.05, 0.1) is 13.5 Å². The van der Waals surface area contributed by atoms with Crippen LogP contribution in [0, 0.1) is 0 Å². The summed E-state index contributed by atoms with van der Waals surface area (Å²) in [6.45, 7) is 7.56. The Morgan fingerprint density at radius 3 is 1.93 bits per heavy atom. The molecule has 0 saturated heterocycles. The first-order valence-electron chi connectivity index (χ1n) is 16.5. The van der Waals surface area contributed by atoms with Crippen LogP contribution in [0.2, 0.25) is 0 Å². The number of carbonyl (C=O) groups excluding carboxylic acids is 4. The molecule has 0 saturated carbocycles. The molecule has 0 fully saturated rings. The van der Waals surface area contributed by atoms with Gasteiger partial charge in [-0.15, -0.1) is 0 Å². The molecule has 9 heteroatoms. The smallest absolute Gasteiger partial charge is 0.408 e. The Balaban J connectivity index is 2.63. The van der Waals surface area contributed by atoms with Gasteiger partial charge in [-0.1, -0.05) is 101 Å². The van der Waals surface area contributed by atoms with Crippen LogP contribution in [0.15, 0.2) is 30.3 Å². The lowest BCUT2D eigenvalue weighted by Crippen LogP contribution is -2.45. The lowest BCUT2D eigenvalue weighted by Gasteiger charge is -2.24. The van der Waals surface area contributed by atoms with Gasteiger partial charge in [-0.25, -0.2) is 9.59 Å². The summed E-state index contributed by atoms with van der Waals surface area (Å²) in [5.74, 6) is -1.55. The quantitative estimate of drug-likeness (QED) is 0.0745. The van der Waals surface area contributed by atoms with E-state index in [9.17, 15) is 19.2 Å². The summed E-state index contributed by atoms with van der Waals surface area (Å²) in [4.78, 5) is 50.1. The second-order valence-corrected chi connectivity index (χ2v) is 12.4. The van der Waals surface area contributed by atoms with Gasteiger partial charge < -0.3 is 24.3 Å². The molecular weight excluding hydrogens is 562 g/mol. The van der Waals surface area contributed by atoms with Crippen LogP contribution in [0.4, 0.5) is 4.79 Å². The number of ether oxygens (including phenoxy) is 4. The van der Waals surface area contributed by atoms with Crippen molar-refractivity contribution in [2.75, 3.05) is 7.11 Å². The van der Waals surface area contributed by atoms with Gasteiger partial charge >= 0.3 is 24.0 Å². The SMILES string of the molecule is CCCCCCCCCCCCC[C@@H](CC(=O)OC)OC(=O)[C@H](CCCC(=O)OCc1ccccc1)NC(=O)OC(C)(C)C. The van der Waals surface area contributed by atoms with Gasteiger partial charge in [-0.2, -0.15) is 0 Å². The van der Waals surface area contributed by atoms with Gasteiger partial charge in [0, 0.05) is 6.42 Å². The molecule has 0 heterocycles. The Bertz CT molecular complexity index is 944. The van der Waals surface area contributed by atoms with Crippen LogP contribution in [-0.4, -0.2) is 48.9 Å². The number of carbonyl (C=O) groups is 4. The average molecular weight is 620 g/mol. The maximum Gasteiger partial charge on any atom is 0.408 e. The zero-order valence-corrected chi connectivity index (χ0v) is 27.8. The molecule has 0 aromatic heterocycles. The molecule has 0 aliphatic heterocycles. The lowest BCUT2D eigenvalue weighted by atomic mass is 10.0. The van der Waals surface area contributed by atoms with E-state index in [4.69, 9.17) is 18.9 Å². The minimum atomic E-state index is -1.05. The number of hydrogen-bond donors (Lipinski definition) is 1. The molecular formula is C35H57NO8. The highest BCUT2D eigenvalue weighted by molar-refractivity contribution is 5.82. The number of rotatable bonds is 23. The molecule has 0 spiro atoms. The van der Waals surface area contributed by atoms with E-state index in [1.807, 2.05) is 30.3 Å². The number of hydrogen-bond acceptors (Lipinski definition) is 8. The van der Waals surface area contributed by atoms with Gasteiger partial charge in [0.15, 0.2) is 0 Å². The maximum absolute atomic E-state index is 13.3. The second-order valence-electron chi connectivity index (χ2n) is 12.4. The van der Waals surface area contributed by atoms with Crippen molar-refractivity contribution in [1.29, 1.82) is 0 Å². The van der Waals surface area contributed by atoms with Gasteiger partial charge in [-0.05, 0) is 52.0 Å². The molecule has 9 nitrogen and oxygen atoms in total. The number of methoxy groups -OCH3 is 1. The first-order chi connectivity index (χ1) is 21.0. The standard InChI is InChI=1S/C35H57NO8/c1-6-7-8-9-10-11-12-13-14-15-19-23-29(26-32(38)41-5)43-33(39)30(36-34(40)44-35(2,3)4)24-20-25-31(37)42-27-28-21-17-16-18-22-28/h16-18,21-22,29-30H,6-15,19-20,23-27H2,1-5H3,(H,36,40)/t29-,30-/m0/s1. The maximum atomic E-state index is 13.3. The number of alkyl carbamates (subject to hydrolysis) is 1. The zero-order chi connectivity index (χ0) is 32.6. The Morgan fingerprint density at radius 1 is 0.773 bits per heavy atom. The van der Waals surface area contributed by atoms with Crippen molar-refractivity contribution in [3.05, 3.63) is 35.9 Å². The summed E-state index contributed by atoms with van der Waals surface area (Å²) in [7, 11) is 1.30. The topological polar surface area (TPSA) is 117 Å². The van der Waals surface area contributed by atoms with E-state index in [0.717, 1.165) is 24.8 Å². The minimum Gasteiger partial charge on any atom is -0.469 e. The van der Waals surface area contributed by atoms with Crippen LogP contribution in [0.5, 0.6) is 0 Å². The predicted octanol–water partition coefficient (Wildman–Crippen LogP) is 7.97. The van der Waals surface area contributed by atoms with Crippen LogP contribution in [0.3, 0.4) is 0 Å². The van der Waals surface area contributed by atoms with E-state index >= 15 is 0 Å². The van der Waals surface area contributed by atoms with E-state index in [1.54, 1.807) is 20.8 Å². The van der Waals surface area contributed by atoms with E-state index in [2.05, 4.69) is 12.2 Å². The van der Waals surface area contributed by atoms with E-state index < -0.39 is 41.7 Å². The molecule has 1 rings (SSSR count). The highest BCUT2D eigenvalue weighted by Gasteiger charge is 2.28. The van der Waals surface area contributed by atoms with Crippen LogP contribution in [-0.2, 0) is 39.9 Å². The third-order valence-electron chi connectivity index (χ3n) is 7.13. The fourth-order valence-corrected chi connectivity index (χ4v) is 4.71. The van der Waals surface area contributed by atoms with Gasteiger partial charge in [0.2, 0.25) is 0 Å². The summed E-state index contributed by atoms with van der Waals surface area (Å²) in [5.41, 5.74) is 0.116. The van der Waals surface area contributed by atoms with Crippen molar-refractivity contribution in [2.45, 2.75) is 155 Å². The van der Waals surface area contributed by atoms with Crippen molar-refractivity contribution in [1.82, 2.24) is 5.32 Å². The number of benzene rings is 1. The molecule has 0 aliphatic rings. The summed E-state index contributed by atoms with van der Waals surface area (Å²) in [6, 6.07) is 8.30. The highest BCUT2D eigenvalue weighted by atomic mass is 16.6. The van der Waals surface area contributed by atoms with Crippen molar-refractivity contribution >= 4 is 24.0 Å². The monoisotopic (exact) mass is 619 g/mol. The molecule has 2 atom stereocenters. The van der Waals surface area contributed by atoms with Crippen LogP contribution >= 0.6 is 0 Å². The first-order valence-corrected chi connectivity index (χ1v) is 16.5. The zero-order valence-electron chi connectivity index (χ0n) is 27.8. The largest absolute Gasteiger partial charge is 0.469 e. The highest BCUT2D eigenvalue weighted by Crippen LogP contribution is 2.17. The van der Waals surface area contributed by atoms with Crippen LogP contribution in [0.25, 0.3) is 0 Å². The Kier molecular flexibility index (Phi) is 20.6. The summed E-state index contributed by atoms with van der Waals surface area (Å²) in [6.07, 6.45) is 12.6. The van der Waals surface area contributed by atoms with Gasteiger partial charge in [0.1, 0.15) is 24.4 Å². The predicted molar refractivity (Wildman–Crippen MR) is 171 cm³/mol. The molecule has 1 amide bonds. The molecule has 0 unspecified atom stereocenters. The van der Waals surface area contributed by atoms with Crippen molar-refractivity contribution in [3.63, 3.8) is 0 Å².